The number of rotatable bonds is 5. The fourth-order valence-corrected chi connectivity index (χ4v) is 1.35. The number of amidine groups is 1. The van der Waals surface area contributed by atoms with Crippen LogP contribution in [0.15, 0.2) is 23.4 Å². The molecule has 4 N–H and O–H groups in total. The number of halogens is 1. The number of nitrogens with two attached hydrogens (primary N) is 1. The molecule has 0 saturated carbocycles. The lowest BCUT2D eigenvalue weighted by Gasteiger charge is -2.06. The number of terminal acetylenes is 1. The average molecular weight is 235 g/mol. The SMILES string of the molecule is C#CCCNCc1cc(F)cc(/C(N)=N\O)c1. The van der Waals surface area contributed by atoms with Gasteiger partial charge in [-0.15, -0.1) is 12.3 Å². The van der Waals surface area contributed by atoms with E-state index in [0.717, 1.165) is 0 Å². The molecule has 1 aromatic carbocycles. The zero-order valence-corrected chi connectivity index (χ0v) is 9.28. The maximum absolute atomic E-state index is 13.2. The lowest BCUT2D eigenvalue weighted by atomic mass is 10.1. The van der Waals surface area contributed by atoms with Crippen molar-refractivity contribution in [3.63, 3.8) is 0 Å². The van der Waals surface area contributed by atoms with Crippen molar-refractivity contribution in [3.8, 4) is 12.3 Å². The summed E-state index contributed by atoms with van der Waals surface area (Å²) in [6.45, 7) is 1.14. The van der Waals surface area contributed by atoms with Gasteiger partial charge in [0.15, 0.2) is 5.84 Å². The fraction of sp³-hybridized carbons (Fsp3) is 0.250. The molecule has 0 fully saturated rings. The van der Waals surface area contributed by atoms with Crippen LogP contribution in [0, 0.1) is 18.2 Å². The van der Waals surface area contributed by atoms with Crippen molar-refractivity contribution in [3.05, 3.63) is 35.1 Å². The summed E-state index contributed by atoms with van der Waals surface area (Å²) in [5.41, 5.74) is 6.45. The maximum atomic E-state index is 13.2. The minimum absolute atomic E-state index is 0.116. The van der Waals surface area contributed by atoms with E-state index in [1.807, 2.05) is 0 Å². The molecular weight excluding hydrogens is 221 g/mol. The molecule has 1 aromatic rings. The van der Waals surface area contributed by atoms with Crippen LogP contribution in [0.5, 0.6) is 0 Å². The summed E-state index contributed by atoms with van der Waals surface area (Å²) in [4.78, 5) is 0. The van der Waals surface area contributed by atoms with E-state index in [1.165, 1.54) is 12.1 Å². The Labute approximate surface area is 99.3 Å². The van der Waals surface area contributed by atoms with Crippen LogP contribution in [-0.4, -0.2) is 17.6 Å². The molecule has 0 amide bonds. The van der Waals surface area contributed by atoms with E-state index in [0.29, 0.717) is 30.6 Å². The van der Waals surface area contributed by atoms with Crippen molar-refractivity contribution < 1.29 is 9.60 Å². The van der Waals surface area contributed by atoms with E-state index in [-0.39, 0.29) is 5.84 Å². The molecule has 4 nitrogen and oxygen atoms in total. The highest BCUT2D eigenvalue weighted by Gasteiger charge is 2.04. The summed E-state index contributed by atoms with van der Waals surface area (Å²) >= 11 is 0. The van der Waals surface area contributed by atoms with Crippen molar-refractivity contribution in [2.75, 3.05) is 6.54 Å². The minimum Gasteiger partial charge on any atom is -0.409 e. The van der Waals surface area contributed by atoms with Crippen LogP contribution in [0.3, 0.4) is 0 Å². The molecule has 0 aliphatic rings. The Bertz CT molecular complexity index is 452. The number of benzene rings is 1. The summed E-state index contributed by atoms with van der Waals surface area (Å²) in [7, 11) is 0. The zero-order chi connectivity index (χ0) is 12.7. The predicted molar refractivity (Wildman–Crippen MR) is 64.1 cm³/mol. The monoisotopic (exact) mass is 235 g/mol. The van der Waals surface area contributed by atoms with Gasteiger partial charge in [-0.05, 0) is 23.8 Å². The summed E-state index contributed by atoms with van der Waals surface area (Å²) in [5.74, 6) is 1.95. The van der Waals surface area contributed by atoms with Crippen molar-refractivity contribution in [1.82, 2.24) is 5.32 Å². The highest BCUT2D eigenvalue weighted by molar-refractivity contribution is 5.97. The normalized spacial score (nSPS) is 11.2. The van der Waals surface area contributed by atoms with Crippen molar-refractivity contribution in [1.29, 1.82) is 0 Å². The van der Waals surface area contributed by atoms with Crippen LogP contribution < -0.4 is 11.1 Å². The summed E-state index contributed by atoms with van der Waals surface area (Å²) in [6.07, 6.45) is 5.72. The molecule has 90 valence electrons. The molecule has 0 heterocycles. The highest BCUT2D eigenvalue weighted by Crippen LogP contribution is 2.09. The number of nitrogens with one attached hydrogen (secondary N) is 1. The third kappa shape index (κ3) is 4.13. The van der Waals surface area contributed by atoms with Crippen molar-refractivity contribution >= 4 is 5.84 Å². The van der Waals surface area contributed by atoms with Gasteiger partial charge in [0.2, 0.25) is 0 Å². The molecule has 0 saturated heterocycles. The first-order chi connectivity index (χ1) is 8.17. The van der Waals surface area contributed by atoms with Gasteiger partial charge in [-0.25, -0.2) is 4.39 Å². The third-order valence-corrected chi connectivity index (χ3v) is 2.14. The number of hydrogen-bond donors (Lipinski definition) is 3. The Morgan fingerprint density at radius 2 is 2.29 bits per heavy atom. The van der Waals surface area contributed by atoms with Crippen molar-refractivity contribution in [2.24, 2.45) is 10.9 Å². The van der Waals surface area contributed by atoms with E-state index < -0.39 is 5.82 Å². The summed E-state index contributed by atoms with van der Waals surface area (Å²) in [6, 6.07) is 4.25. The summed E-state index contributed by atoms with van der Waals surface area (Å²) < 4.78 is 13.2. The Morgan fingerprint density at radius 1 is 1.53 bits per heavy atom. The third-order valence-electron chi connectivity index (χ3n) is 2.14. The van der Waals surface area contributed by atoms with Crippen LogP contribution in [0.4, 0.5) is 4.39 Å². The first kappa shape index (κ1) is 13.0. The topological polar surface area (TPSA) is 70.6 Å². The second kappa shape index (κ2) is 6.51. The van der Waals surface area contributed by atoms with Crippen LogP contribution in [0.2, 0.25) is 0 Å². The van der Waals surface area contributed by atoms with Crippen LogP contribution in [0.25, 0.3) is 0 Å². The molecule has 17 heavy (non-hydrogen) atoms. The standard InChI is InChI=1S/C12H14FN3O/c1-2-3-4-15-8-9-5-10(12(14)16-17)7-11(13)6-9/h1,5-7,15,17H,3-4,8H2,(H2,14,16). The van der Waals surface area contributed by atoms with Gasteiger partial charge >= 0.3 is 0 Å². The Kier molecular flexibility index (Phi) is 4.98. The first-order valence-corrected chi connectivity index (χ1v) is 5.09. The lowest BCUT2D eigenvalue weighted by molar-refractivity contribution is 0.318. The molecule has 0 radical (unpaired) electrons. The zero-order valence-electron chi connectivity index (χ0n) is 9.28. The van der Waals surface area contributed by atoms with Crippen LogP contribution >= 0.6 is 0 Å². The van der Waals surface area contributed by atoms with E-state index in [1.54, 1.807) is 6.07 Å². The largest absolute Gasteiger partial charge is 0.409 e. The van der Waals surface area contributed by atoms with E-state index in [4.69, 9.17) is 17.4 Å². The Balaban J connectivity index is 2.73. The first-order valence-electron chi connectivity index (χ1n) is 5.09. The molecule has 0 atom stereocenters. The van der Waals surface area contributed by atoms with Crippen LogP contribution in [0.1, 0.15) is 17.5 Å². The van der Waals surface area contributed by atoms with Gasteiger partial charge in [0.1, 0.15) is 5.82 Å². The molecule has 0 aromatic heterocycles. The molecule has 0 aliphatic carbocycles. The average Bonchev–Trinajstić information content (AvgIpc) is 2.33. The Hall–Kier alpha value is -2.06. The molecule has 1 rings (SSSR count). The molecule has 0 spiro atoms. The second-order valence-electron chi connectivity index (χ2n) is 3.46. The van der Waals surface area contributed by atoms with E-state index >= 15 is 0 Å². The second-order valence-corrected chi connectivity index (χ2v) is 3.46. The molecule has 0 unspecified atom stereocenters. The number of hydrogen-bond acceptors (Lipinski definition) is 3. The van der Waals surface area contributed by atoms with Gasteiger partial charge in [0.05, 0.1) is 0 Å². The molecule has 5 heteroatoms. The smallest absolute Gasteiger partial charge is 0.170 e. The molecule has 0 bridgehead atoms. The summed E-state index contributed by atoms with van der Waals surface area (Å²) in [5, 5.41) is 14.4. The number of oxime groups is 1. The molecule has 0 aliphatic heterocycles. The minimum atomic E-state index is -0.428. The number of nitrogens with zero attached hydrogens (tertiary/aromatic N) is 1. The lowest BCUT2D eigenvalue weighted by Crippen LogP contribution is -2.17. The fourth-order valence-electron chi connectivity index (χ4n) is 1.35. The van der Waals surface area contributed by atoms with Crippen LogP contribution in [-0.2, 0) is 6.54 Å². The molecular formula is C12H14FN3O. The van der Waals surface area contributed by atoms with E-state index in [9.17, 15) is 4.39 Å². The van der Waals surface area contributed by atoms with Gasteiger partial charge in [0.25, 0.3) is 0 Å². The van der Waals surface area contributed by atoms with Gasteiger partial charge in [0, 0.05) is 25.1 Å². The van der Waals surface area contributed by atoms with Gasteiger partial charge < -0.3 is 16.3 Å². The van der Waals surface area contributed by atoms with Gasteiger partial charge in [-0.2, -0.15) is 0 Å². The van der Waals surface area contributed by atoms with Gasteiger partial charge in [-0.3, -0.25) is 0 Å². The Morgan fingerprint density at radius 3 is 2.94 bits per heavy atom. The highest BCUT2D eigenvalue weighted by atomic mass is 19.1. The van der Waals surface area contributed by atoms with Crippen molar-refractivity contribution in [2.45, 2.75) is 13.0 Å². The van der Waals surface area contributed by atoms with Gasteiger partial charge in [-0.1, -0.05) is 5.16 Å². The quantitative estimate of drug-likeness (QED) is 0.178. The van der Waals surface area contributed by atoms with E-state index in [2.05, 4.69) is 16.4 Å². The maximum Gasteiger partial charge on any atom is 0.170 e. The predicted octanol–water partition coefficient (Wildman–Crippen LogP) is 1.03.